The van der Waals surface area contributed by atoms with Crippen LogP contribution >= 0.6 is 0 Å². The summed E-state index contributed by atoms with van der Waals surface area (Å²) >= 11 is 0. The molecule has 0 saturated carbocycles. The van der Waals surface area contributed by atoms with Crippen molar-refractivity contribution in [1.82, 2.24) is 9.71 Å². The van der Waals surface area contributed by atoms with Gasteiger partial charge in [-0.25, -0.2) is 13.1 Å². The Balaban J connectivity index is 2.05. The zero-order valence-electron chi connectivity index (χ0n) is 12.0. The average Bonchev–Trinajstić information content (AvgIpc) is 2.50. The molecule has 2 rings (SSSR count). The number of sulfonamides is 1. The van der Waals surface area contributed by atoms with Gasteiger partial charge in [-0.1, -0.05) is 18.9 Å². The largest absolute Gasteiger partial charge is 0.330 e. The summed E-state index contributed by atoms with van der Waals surface area (Å²) in [5.74, 6) is 0. The van der Waals surface area contributed by atoms with Crippen molar-refractivity contribution in [3.05, 3.63) is 36.5 Å². The lowest BCUT2D eigenvalue weighted by Crippen LogP contribution is -2.25. The first-order valence-corrected chi connectivity index (χ1v) is 8.67. The Labute approximate surface area is 125 Å². The minimum Gasteiger partial charge on any atom is -0.330 e. The molecule has 2 aromatic rings. The topological polar surface area (TPSA) is 85.1 Å². The van der Waals surface area contributed by atoms with Crippen LogP contribution in [-0.4, -0.2) is 26.5 Å². The average molecular weight is 307 g/mol. The number of nitrogens with two attached hydrogens (primary N) is 1. The van der Waals surface area contributed by atoms with Crippen LogP contribution in [0, 0.1) is 0 Å². The third kappa shape index (κ3) is 4.23. The van der Waals surface area contributed by atoms with Crippen molar-refractivity contribution < 1.29 is 8.42 Å². The lowest BCUT2D eigenvalue weighted by Gasteiger charge is -2.09. The number of nitrogens with zero attached hydrogens (tertiary/aromatic N) is 1. The van der Waals surface area contributed by atoms with Crippen molar-refractivity contribution in [2.75, 3.05) is 13.1 Å². The van der Waals surface area contributed by atoms with Crippen LogP contribution in [0.3, 0.4) is 0 Å². The van der Waals surface area contributed by atoms with Crippen molar-refractivity contribution in [2.45, 2.75) is 30.6 Å². The summed E-state index contributed by atoms with van der Waals surface area (Å²) in [5.41, 5.74) is 6.11. The van der Waals surface area contributed by atoms with Crippen molar-refractivity contribution in [3.8, 4) is 0 Å². The van der Waals surface area contributed by atoms with E-state index in [1.54, 1.807) is 36.5 Å². The van der Waals surface area contributed by atoms with Gasteiger partial charge in [0.2, 0.25) is 10.0 Å². The van der Waals surface area contributed by atoms with Crippen molar-refractivity contribution >= 4 is 20.9 Å². The van der Waals surface area contributed by atoms with E-state index < -0.39 is 10.0 Å². The van der Waals surface area contributed by atoms with Crippen LogP contribution in [0.2, 0.25) is 0 Å². The molecule has 0 aliphatic heterocycles. The molecule has 6 heteroatoms. The predicted molar refractivity (Wildman–Crippen MR) is 84.5 cm³/mol. The molecule has 1 aromatic heterocycles. The van der Waals surface area contributed by atoms with E-state index >= 15 is 0 Å². The second-order valence-electron chi connectivity index (χ2n) is 4.93. The summed E-state index contributed by atoms with van der Waals surface area (Å²) in [4.78, 5) is 4.47. The van der Waals surface area contributed by atoms with Crippen LogP contribution in [0.15, 0.2) is 41.4 Å². The van der Waals surface area contributed by atoms with Gasteiger partial charge in [-0.15, -0.1) is 0 Å². The monoisotopic (exact) mass is 307 g/mol. The van der Waals surface area contributed by atoms with Crippen molar-refractivity contribution in [3.63, 3.8) is 0 Å². The summed E-state index contributed by atoms with van der Waals surface area (Å²) in [6, 6.07) is 8.65. The molecule has 0 atom stereocenters. The molecule has 0 fully saturated rings. The molecule has 0 bridgehead atoms. The molecule has 0 spiro atoms. The first-order chi connectivity index (χ1) is 10.1. The first-order valence-electron chi connectivity index (χ1n) is 7.18. The molecular formula is C15H21N3O2S. The fourth-order valence-electron chi connectivity index (χ4n) is 2.22. The van der Waals surface area contributed by atoms with Gasteiger partial charge >= 0.3 is 0 Å². The SMILES string of the molecule is NCCCCCCNS(=O)(=O)c1cccc2ncccc12. The fraction of sp³-hybridized carbons (Fsp3) is 0.400. The van der Waals surface area contributed by atoms with Gasteiger partial charge in [0.05, 0.1) is 10.4 Å². The molecule has 0 amide bonds. The van der Waals surface area contributed by atoms with Gasteiger partial charge in [-0.2, -0.15) is 0 Å². The molecule has 3 N–H and O–H groups in total. The smallest absolute Gasteiger partial charge is 0.241 e. The molecule has 0 unspecified atom stereocenters. The summed E-state index contributed by atoms with van der Waals surface area (Å²) < 4.78 is 27.4. The lowest BCUT2D eigenvalue weighted by atomic mass is 10.2. The Kier molecular flexibility index (Phi) is 5.67. The van der Waals surface area contributed by atoms with E-state index in [9.17, 15) is 8.42 Å². The number of unbranched alkanes of at least 4 members (excludes halogenated alkanes) is 3. The third-order valence-electron chi connectivity index (χ3n) is 3.32. The van der Waals surface area contributed by atoms with Gasteiger partial charge in [0.25, 0.3) is 0 Å². The number of hydrogen-bond acceptors (Lipinski definition) is 4. The highest BCUT2D eigenvalue weighted by atomic mass is 32.2. The Bertz CT molecular complexity index is 681. The maximum Gasteiger partial charge on any atom is 0.241 e. The fourth-order valence-corrected chi connectivity index (χ4v) is 3.51. The second kappa shape index (κ2) is 7.49. The second-order valence-corrected chi connectivity index (χ2v) is 6.66. The van der Waals surface area contributed by atoms with Gasteiger partial charge < -0.3 is 5.73 Å². The van der Waals surface area contributed by atoms with Gasteiger partial charge in [0, 0.05) is 18.1 Å². The zero-order valence-corrected chi connectivity index (χ0v) is 12.8. The Morgan fingerprint density at radius 2 is 1.86 bits per heavy atom. The highest BCUT2D eigenvalue weighted by Gasteiger charge is 2.16. The quantitative estimate of drug-likeness (QED) is 0.731. The first kappa shape index (κ1) is 15.9. The Morgan fingerprint density at radius 3 is 2.67 bits per heavy atom. The molecule has 0 aliphatic rings. The van der Waals surface area contributed by atoms with Gasteiger partial charge in [-0.3, -0.25) is 4.98 Å². The molecule has 0 radical (unpaired) electrons. The highest BCUT2D eigenvalue weighted by molar-refractivity contribution is 7.89. The third-order valence-corrected chi connectivity index (χ3v) is 4.84. The molecule has 5 nitrogen and oxygen atoms in total. The number of benzene rings is 1. The van der Waals surface area contributed by atoms with E-state index in [2.05, 4.69) is 9.71 Å². The highest BCUT2D eigenvalue weighted by Crippen LogP contribution is 2.20. The van der Waals surface area contributed by atoms with Crippen LogP contribution in [0.5, 0.6) is 0 Å². The minimum atomic E-state index is -3.49. The van der Waals surface area contributed by atoms with E-state index in [4.69, 9.17) is 5.73 Å². The number of fused-ring (bicyclic) bond motifs is 1. The van der Waals surface area contributed by atoms with Gasteiger partial charge in [0.1, 0.15) is 0 Å². The molecular weight excluding hydrogens is 286 g/mol. The van der Waals surface area contributed by atoms with Crippen LogP contribution in [-0.2, 0) is 10.0 Å². The van der Waals surface area contributed by atoms with Crippen molar-refractivity contribution in [1.29, 1.82) is 0 Å². The number of aromatic nitrogens is 1. The van der Waals surface area contributed by atoms with Crippen LogP contribution in [0.1, 0.15) is 25.7 Å². The lowest BCUT2D eigenvalue weighted by molar-refractivity contribution is 0.573. The maximum absolute atomic E-state index is 12.4. The van der Waals surface area contributed by atoms with Crippen molar-refractivity contribution in [2.24, 2.45) is 5.73 Å². The maximum atomic E-state index is 12.4. The number of rotatable bonds is 8. The normalized spacial score (nSPS) is 11.9. The van der Waals surface area contributed by atoms with E-state index in [1.165, 1.54) is 0 Å². The van der Waals surface area contributed by atoms with Gasteiger partial charge in [-0.05, 0) is 43.7 Å². The summed E-state index contributed by atoms with van der Waals surface area (Å²) in [7, 11) is -3.49. The number of hydrogen-bond donors (Lipinski definition) is 2. The van der Waals surface area contributed by atoms with Crippen LogP contribution < -0.4 is 10.5 Å². The predicted octanol–water partition coefficient (Wildman–Crippen LogP) is 2.03. The molecule has 114 valence electrons. The molecule has 1 heterocycles. The molecule has 0 saturated heterocycles. The summed E-state index contributed by atoms with van der Waals surface area (Å²) in [6.45, 7) is 1.14. The van der Waals surface area contributed by atoms with E-state index in [0.29, 0.717) is 24.0 Å². The Morgan fingerprint density at radius 1 is 1.05 bits per heavy atom. The summed E-state index contributed by atoms with van der Waals surface area (Å²) in [5, 5.41) is 0.649. The molecule has 0 aliphatic carbocycles. The van der Waals surface area contributed by atoms with E-state index in [0.717, 1.165) is 25.7 Å². The molecule has 21 heavy (non-hydrogen) atoms. The van der Waals surface area contributed by atoms with Crippen LogP contribution in [0.25, 0.3) is 10.9 Å². The van der Waals surface area contributed by atoms with E-state index in [-0.39, 0.29) is 4.90 Å². The number of pyridine rings is 1. The Hall–Kier alpha value is -1.50. The molecule has 1 aromatic carbocycles. The number of nitrogens with one attached hydrogen (secondary N) is 1. The van der Waals surface area contributed by atoms with Crippen LogP contribution in [0.4, 0.5) is 0 Å². The summed E-state index contributed by atoms with van der Waals surface area (Å²) in [6.07, 6.45) is 5.49. The minimum absolute atomic E-state index is 0.287. The van der Waals surface area contributed by atoms with E-state index in [1.807, 2.05) is 0 Å². The zero-order chi connectivity index (χ0) is 15.1. The van der Waals surface area contributed by atoms with Gasteiger partial charge in [0.15, 0.2) is 0 Å². The standard InChI is InChI=1S/C15H21N3O2S/c16-10-3-1-2-4-12-18-21(19,20)15-9-5-8-14-13(15)7-6-11-17-14/h5-9,11,18H,1-4,10,12,16H2.